The molecule has 6 heteroatoms. The molecule has 0 spiro atoms. The van der Waals surface area contributed by atoms with Gasteiger partial charge < -0.3 is 5.11 Å². The molecular formula is C12H26N2O3S. The Morgan fingerprint density at radius 3 is 2.72 bits per heavy atom. The van der Waals surface area contributed by atoms with Crippen molar-refractivity contribution in [3.05, 3.63) is 0 Å². The van der Waals surface area contributed by atoms with E-state index in [0.29, 0.717) is 19.0 Å². The summed E-state index contributed by atoms with van der Waals surface area (Å²) in [6.07, 6.45) is 2.22. The van der Waals surface area contributed by atoms with Gasteiger partial charge in [-0.1, -0.05) is 27.2 Å². The zero-order valence-electron chi connectivity index (χ0n) is 11.6. The normalized spacial score (nSPS) is 25.9. The van der Waals surface area contributed by atoms with Gasteiger partial charge >= 0.3 is 0 Å². The average molecular weight is 278 g/mol. The van der Waals surface area contributed by atoms with Gasteiger partial charge in [-0.25, -0.2) is 0 Å². The van der Waals surface area contributed by atoms with E-state index in [-0.39, 0.29) is 12.5 Å². The number of aliphatic hydroxyl groups is 1. The van der Waals surface area contributed by atoms with Gasteiger partial charge in [0.05, 0.1) is 6.10 Å². The van der Waals surface area contributed by atoms with Crippen molar-refractivity contribution in [2.75, 3.05) is 19.6 Å². The van der Waals surface area contributed by atoms with Crippen LogP contribution in [0, 0.1) is 11.8 Å². The van der Waals surface area contributed by atoms with Crippen molar-refractivity contribution in [3.63, 3.8) is 0 Å². The molecule has 5 nitrogen and oxygen atoms in total. The Hall–Kier alpha value is -0.170. The first-order valence-electron chi connectivity index (χ1n) is 6.79. The van der Waals surface area contributed by atoms with Gasteiger partial charge in [0.25, 0.3) is 10.2 Å². The molecule has 0 radical (unpaired) electrons. The molecule has 108 valence electrons. The molecule has 2 N–H and O–H groups in total. The van der Waals surface area contributed by atoms with E-state index in [4.69, 9.17) is 0 Å². The van der Waals surface area contributed by atoms with Crippen LogP contribution in [-0.2, 0) is 10.2 Å². The molecule has 0 aromatic heterocycles. The Kier molecular flexibility index (Phi) is 6.04. The zero-order valence-corrected chi connectivity index (χ0v) is 12.4. The number of rotatable bonds is 6. The minimum absolute atomic E-state index is 0.0994. The van der Waals surface area contributed by atoms with Crippen molar-refractivity contribution < 1.29 is 13.5 Å². The molecule has 0 amide bonds. The second kappa shape index (κ2) is 6.84. The molecule has 0 saturated carbocycles. The summed E-state index contributed by atoms with van der Waals surface area (Å²) in [5.74, 6) is 0.516. The van der Waals surface area contributed by atoms with Crippen molar-refractivity contribution in [1.29, 1.82) is 0 Å². The monoisotopic (exact) mass is 278 g/mol. The van der Waals surface area contributed by atoms with Crippen molar-refractivity contribution in [1.82, 2.24) is 9.03 Å². The first-order valence-corrected chi connectivity index (χ1v) is 8.23. The van der Waals surface area contributed by atoms with E-state index in [0.717, 1.165) is 19.3 Å². The molecule has 0 aromatic carbocycles. The molecule has 3 unspecified atom stereocenters. The third-order valence-electron chi connectivity index (χ3n) is 3.74. The van der Waals surface area contributed by atoms with E-state index in [9.17, 15) is 13.5 Å². The Balaban J connectivity index is 2.49. The van der Waals surface area contributed by atoms with Crippen LogP contribution in [0.15, 0.2) is 0 Å². The lowest BCUT2D eigenvalue weighted by Crippen LogP contribution is -2.47. The number of hydrogen-bond donors (Lipinski definition) is 2. The second-order valence-electron chi connectivity index (χ2n) is 5.41. The number of hydrogen-bond acceptors (Lipinski definition) is 3. The first kappa shape index (κ1) is 15.9. The fourth-order valence-corrected chi connectivity index (χ4v) is 3.50. The molecule has 0 bridgehead atoms. The van der Waals surface area contributed by atoms with Crippen molar-refractivity contribution in [3.8, 4) is 0 Å². The molecule has 0 aliphatic carbocycles. The summed E-state index contributed by atoms with van der Waals surface area (Å²) in [5, 5.41) is 9.79. The zero-order chi connectivity index (χ0) is 13.8. The predicted molar refractivity (Wildman–Crippen MR) is 72.4 cm³/mol. The quantitative estimate of drug-likeness (QED) is 0.760. The van der Waals surface area contributed by atoms with Crippen LogP contribution in [0.5, 0.6) is 0 Å². The van der Waals surface area contributed by atoms with Gasteiger partial charge in [-0.2, -0.15) is 17.4 Å². The Morgan fingerprint density at radius 1 is 1.50 bits per heavy atom. The third-order valence-corrected chi connectivity index (χ3v) is 5.28. The SMILES string of the molecule is CCC(C)C(O)CNS(=O)(=O)N1CCCC(C)C1. The van der Waals surface area contributed by atoms with Gasteiger partial charge in [-0.05, 0) is 24.7 Å². The first-order chi connectivity index (χ1) is 8.36. The Morgan fingerprint density at radius 2 is 2.17 bits per heavy atom. The summed E-state index contributed by atoms with van der Waals surface area (Å²) >= 11 is 0. The molecule has 1 saturated heterocycles. The van der Waals surface area contributed by atoms with Gasteiger partial charge in [-0.3, -0.25) is 0 Å². The molecule has 1 rings (SSSR count). The molecule has 3 atom stereocenters. The van der Waals surface area contributed by atoms with Crippen molar-refractivity contribution in [2.24, 2.45) is 11.8 Å². The largest absolute Gasteiger partial charge is 0.391 e. The van der Waals surface area contributed by atoms with Gasteiger partial charge in [0, 0.05) is 19.6 Å². The van der Waals surface area contributed by atoms with Crippen LogP contribution < -0.4 is 4.72 Å². The minimum Gasteiger partial charge on any atom is -0.391 e. The highest BCUT2D eigenvalue weighted by Gasteiger charge is 2.27. The highest BCUT2D eigenvalue weighted by molar-refractivity contribution is 7.87. The van der Waals surface area contributed by atoms with E-state index in [1.165, 1.54) is 4.31 Å². The summed E-state index contributed by atoms with van der Waals surface area (Å²) in [4.78, 5) is 0. The fourth-order valence-electron chi connectivity index (χ4n) is 2.12. The molecule has 1 aliphatic heterocycles. The summed E-state index contributed by atoms with van der Waals surface area (Å²) in [5.41, 5.74) is 0. The molecule has 1 fully saturated rings. The van der Waals surface area contributed by atoms with Crippen molar-refractivity contribution in [2.45, 2.75) is 46.1 Å². The minimum atomic E-state index is -3.43. The molecule has 1 aliphatic rings. The van der Waals surface area contributed by atoms with Crippen LogP contribution in [0.1, 0.15) is 40.0 Å². The van der Waals surface area contributed by atoms with Crippen molar-refractivity contribution >= 4 is 10.2 Å². The lowest BCUT2D eigenvalue weighted by atomic mass is 10.0. The van der Waals surface area contributed by atoms with Crippen LogP contribution in [0.2, 0.25) is 0 Å². The second-order valence-corrected chi connectivity index (χ2v) is 7.17. The third kappa shape index (κ3) is 4.50. The Labute approximate surface area is 111 Å². The van der Waals surface area contributed by atoms with Gasteiger partial charge in [-0.15, -0.1) is 0 Å². The maximum atomic E-state index is 12.1. The predicted octanol–water partition coefficient (Wildman–Crippen LogP) is 0.960. The lowest BCUT2D eigenvalue weighted by Gasteiger charge is -2.30. The number of aliphatic hydroxyl groups excluding tert-OH is 1. The highest BCUT2D eigenvalue weighted by atomic mass is 32.2. The Bertz CT molecular complexity index is 345. The molecular weight excluding hydrogens is 252 g/mol. The van der Waals surface area contributed by atoms with Crippen LogP contribution in [0.3, 0.4) is 0 Å². The summed E-state index contributed by atoms with van der Waals surface area (Å²) in [7, 11) is -3.43. The number of piperidine rings is 1. The average Bonchev–Trinajstić information content (AvgIpc) is 2.35. The van der Waals surface area contributed by atoms with E-state index in [1.807, 2.05) is 13.8 Å². The fraction of sp³-hybridized carbons (Fsp3) is 1.00. The molecule has 18 heavy (non-hydrogen) atoms. The van der Waals surface area contributed by atoms with Crippen LogP contribution in [0.4, 0.5) is 0 Å². The van der Waals surface area contributed by atoms with Crippen LogP contribution in [-0.4, -0.2) is 43.6 Å². The van der Waals surface area contributed by atoms with E-state index >= 15 is 0 Å². The molecule has 1 heterocycles. The summed E-state index contributed by atoms with van der Waals surface area (Å²) < 4.78 is 28.1. The highest BCUT2D eigenvalue weighted by Crippen LogP contribution is 2.17. The number of nitrogens with zero attached hydrogens (tertiary/aromatic N) is 1. The van der Waals surface area contributed by atoms with Crippen LogP contribution >= 0.6 is 0 Å². The maximum absolute atomic E-state index is 12.1. The van der Waals surface area contributed by atoms with Crippen LogP contribution in [0.25, 0.3) is 0 Å². The summed E-state index contributed by atoms with van der Waals surface area (Å²) in [6.45, 7) is 7.22. The van der Waals surface area contributed by atoms with Gasteiger partial charge in [0.15, 0.2) is 0 Å². The van der Waals surface area contributed by atoms with Gasteiger partial charge in [0.1, 0.15) is 0 Å². The van der Waals surface area contributed by atoms with E-state index in [2.05, 4.69) is 11.6 Å². The smallest absolute Gasteiger partial charge is 0.279 e. The standard InChI is InChI=1S/C12H26N2O3S/c1-4-11(3)12(15)8-13-18(16,17)14-7-5-6-10(2)9-14/h10-13,15H,4-9H2,1-3H3. The van der Waals surface area contributed by atoms with E-state index < -0.39 is 16.3 Å². The number of nitrogens with one attached hydrogen (secondary N) is 1. The van der Waals surface area contributed by atoms with Gasteiger partial charge in [0.2, 0.25) is 0 Å². The topological polar surface area (TPSA) is 69.6 Å². The molecule has 0 aromatic rings. The maximum Gasteiger partial charge on any atom is 0.279 e. The summed E-state index contributed by atoms with van der Waals surface area (Å²) in [6, 6.07) is 0. The lowest BCUT2D eigenvalue weighted by molar-refractivity contribution is 0.118. The van der Waals surface area contributed by atoms with E-state index in [1.54, 1.807) is 0 Å².